The van der Waals surface area contributed by atoms with Gasteiger partial charge in [-0.1, -0.05) is 0 Å². The number of anilines is 1. The molecule has 1 N–H and O–H groups in total. The van der Waals surface area contributed by atoms with E-state index in [0.717, 1.165) is 11.2 Å². The number of likely N-dealkylation sites (N-methyl/N-ethyl adjacent to an activating group) is 1. The summed E-state index contributed by atoms with van der Waals surface area (Å²) < 4.78 is 1.76. The van der Waals surface area contributed by atoms with Gasteiger partial charge in [0.05, 0.1) is 12.6 Å². The minimum absolute atomic E-state index is 0.0278. The van der Waals surface area contributed by atoms with E-state index in [4.69, 9.17) is 5.11 Å². The summed E-state index contributed by atoms with van der Waals surface area (Å²) in [4.78, 5) is 18.0. The molecule has 0 aliphatic heterocycles. The second-order valence-electron chi connectivity index (χ2n) is 3.64. The molecule has 0 saturated heterocycles. The van der Waals surface area contributed by atoms with Crippen LogP contribution in [0.4, 0.5) is 5.82 Å². The normalized spacial score (nSPS) is 12.9. The molecule has 0 saturated carbocycles. The number of aromatic nitrogens is 2. The smallest absolute Gasteiger partial charge is 0.196 e. The van der Waals surface area contributed by atoms with Gasteiger partial charge in [0.15, 0.2) is 17.1 Å². The average Bonchev–Trinajstić information content (AvgIpc) is 2.86. The summed E-state index contributed by atoms with van der Waals surface area (Å²) in [5.74, 6) is 0.614. The fraction of sp³-hybridized carbons (Fsp3) is 0.400. The summed E-state index contributed by atoms with van der Waals surface area (Å²) in [5, 5.41) is 11.0. The summed E-state index contributed by atoms with van der Waals surface area (Å²) in [5.41, 5.74) is 0.527. The van der Waals surface area contributed by atoms with Gasteiger partial charge in [0, 0.05) is 18.6 Å². The van der Waals surface area contributed by atoms with Crippen molar-refractivity contribution in [3.8, 4) is 0 Å². The van der Waals surface area contributed by atoms with Crippen LogP contribution in [0.1, 0.15) is 17.4 Å². The van der Waals surface area contributed by atoms with Gasteiger partial charge in [-0.25, -0.2) is 4.98 Å². The number of hydrogen-bond donors (Lipinski definition) is 1. The minimum Gasteiger partial charge on any atom is -0.394 e. The first-order chi connectivity index (χ1) is 7.69. The van der Waals surface area contributed by atoms with E-state index in [0.29, 0.717) is 11.5 Å². The van der Waals surface area contributed by atoms with Gasteiger partial charge >= 0.3 is 0 Å². The van der Waals surface area contributed by atoms with Crippen molar-refractivity contribution in [2.24, 2.45) is 0 Å². The highest BCUT2D eigenvalue weighted by Gasteiger charge is 2.19. The van der Waals surface area contributed by atoms with Crippen LogP contribution in [0.25, 0.3) is 4.96 Å². The molecule has 2 rings (SSSR count). The van der Waals surface area contributed by atoms with Crippen molar-refractivity contribution in [2.75, 3.05) is 18.6 Å². The van der Waals surface area contributed by atoms with E-state index in [2.05, 4.69) is 4.98 Å². The van der Waals surface area contributed by atoms with Gasteiger partial charge in [0.25, 0.3) is 0 Å². The van der Waals surface area contributed by atoms with Gasteiger partial charge in [0.1, 0.15) is 5.69 Å². The number of aliphatic hydroxyl groups is 1. The van der Waals surface area contributed by atoms with E-state index in [1.54, 1.807) is 4.40 Å². The molecule has 1 unspecified atom stereocenters. The number of carbonyl (C=O) groups excluding carboxylic acids is 1. The van der Waals surface area contributed by atoms with Crippen molar-refractivity contribution in [3.63, 3.8) is 0 Å². The van der Waals surface area contributed by atoms with Crippen molar-refractivity contribution in [2.45, 2.75) is 13.0 Å². The lowest BCUT2D eigenvalue weighted by atomic mass is 10.3. The predicted molar refractivity (Wildman–Crippen MR) is 63.4 cm³/mol. The molecule has 16 heavy (non-hydrogen) atoms. The van der Waals surface area contributed by atoms with Crippen LogP contribution in [-0.2, 0) is 0 Å². The molecule has 0 bridgehead atoms. The maximum absolute atomic E-state index is 11.1. The molecule has 1 atom stereocenters. The quantitative estimate of drug-likeness (QED) is 0.809. The number of fused-ring (bicyclic) bond motifs is 1. The summed E-state index contributed by atoms with van der Waals surface area (Å²) in [6.07, 6.45) is 2.61. The molecule has 0 radical (unpaired) electrons. The Balaban J connectivity index is 2.50. The highest BCUT2D eigenvalue weighted by molar-refractivity contribution is 7.15. The third kappa shape index (κ3) is 1.60. The minimum atomic E-state index is -0.0664. The highest BCUT2D eigenvalue weighted by atomic mass is 32.1. The Morgan fingerprint density at radius 1 is 1.75 bits per heavy atom. The van der Waals surface area contributed by atoms with E-state index in [1.165, 1.54) is 11.3 Å². The van der Waals surface area contributed by atoms with E-state index in [1.807, 2.05) is 30.4 Å². The summed E-state index contributed by atoms with van der Waals surface area (Å²) in [7, 11) is 1.82. The van der Waals surface area contributed by atoms with Gasteiger partial charge in [0.2, 0.25) is 0 Å². The molecular weight excluding hydrogens is 226 g/mol. The van der Waals surface area contributed by atoms with Crippen LogP contribution in [0, 0.1) is 0 Å². The van der Waals surface area contributed by atoms with Gasteiger partial charge < -0.3 is 10.0 Å². The number of carbonyl (C=O) groups is 1. The average molecular weight is 239 g/mol. The first-order valence-electron chi connectivity index (χ1n) is 4.93. The van der Waals surface area contributed by atoms with Crippen molar-refractivity contribution in [3.05, 3.63) is 17.3 Å². The second-order valence-corrected chi connectivity index (χ2v) is 4.51. The van der Waals surface area contributed by atoms with Crippen molar-refractivity contribution in [1.82, 2.24) is 9.38 Å². The number of hydrogen-bond acceptors (Lipinski definition) is 5. The molecule has 2 aromatic rings. The zero-order valence-corrected chi connectivity index (χ0v) is 9.94. The number of nitrogens with zero attached hydrogens (tertiary/aromatic N) is 3. The zero-order valence-electron chi connectivity index (χ0n) is 9.12. The third-order valence-corrected chi connectivity index (χ3v) is 3.41. The number of aliphatic hydroxyl groups excluding tert-OH is 1. The van der Waals surface area contributed by atoms with E-state index in [-0.39, 0.29) is 12.6 Å². The molecule has 5 nitrogen and oxygen atoms in total. The molecular formula is C10H13N3O2S. The topological polar surface area (TPSA) is 57.8 Å². The van der Waals surface area contributed by atoms with Crippen molar-refractivity contribution in [1.29, 1.82) is 0 Å². The van der Waals surface area contributed by atoms with Gasteiger partial charge in [-0.15, -0.1) is 11.3 Å². The first kappa shape index (κ1) is 11.1. The van der Waals surface area contributed by atoms with Gasteiger partial charge in [-0.2, -0.15) is 0 Å². The van der Waals surface area contributed by atoms with Crippen LogP contribution < -0.4 is 4.90 Å². The molecule has 86 valence electrons. The van der Waals surface area contributed by atoms with Crippen molar-refractivity contribution < 1.29 is 9.90 Å². The van der Waals surface area contributed by atoms with Crippen molar-refractivity contribution >= 4 is 28.4 Å². The van der Waals surface area contributed by atoms with Crippen LogP contribution in [-0.4, -0.2) is 40.5 Å². The van der Waals surface area contributed by atoms with Crippen LogP contribution in [0.5, 0.6) is 0 Å². The van der Waals surface area contributed by atoms with Crippen LogP contribution in [0.3, 0.4) is 0 Å². The Kier molecular flexibility index (Phi) is 2.93. The molecule has 2 heterocycles. The third-order valence-electron chi connectivity index (χ3n) is 2.65. The molecule has 0 amide bonds. The summed E-state index contributed by atoms with van der Waals surface area (Å²) in [6, 6.07) is -0.0664. The number of aldehydes is 1. The lowest BCUT2D eigenvalue weighted by Crippen LogP contribution is -2.32. The Morgan fingerprint density at radius 3 is 3.12 bits per heavy atom. The monoisotopic (exact) mass is 239 g/mol. The van der Waals surface area contributed by atoms with Gasteiger partial charge in [-0.3, -0.25) is 9.20 Å². The molecule has 0 fully saturated rings. The van der Waals surface area contributed by atoms with Crippen LogP contribution in [0.15, 0.2) is 11.6 Å². The highest BCUT2D eigenvalue weighted by Crippen LogP contribution is 2.23. The standard InChI is InChI=1S/C10H13N3O2S/c1-7(5-14)12(2)9-8(6-15)13-3-4-16-10(13)11-9/h3-4,6-7,14H,5H2,1-2H3. The van der Waals surface area contributed by atoms with E-state index < -0.39 is 0 Å². The lowest BCUT2D eigenvalue weighted by Gasteiger charge is -2.23. The predicted octanol–water partition coefficient (Wildman–Crippen LogP) is 1.03. The maximum Gasteiger partial charge on any atom is 0.196 e. The molecule has 0 aromatic carbocycles. The fourth-order valence-electron chi connectivity index (χ4n) is 1.49. The Bertz CT molecular complexity index is 505. The molecule has 2 aromatic heterocycles. The number of thiazole rings is 1. The maximum atomic E-state index is 11.1. The number of rotatable bonds is 4. The SMILES string of the molecule is CC(CO)N(C)c1nc2sccn2c1C=O. The molecule has 0 aliphatic carbocycles. The first-order valence-corrected chi connectivity index (χ1v) is 5.81. The Labute approximate surface area is 96.9 Å². The fourth-order valence-corrected chi connectivity index (χ4v) is 2.21. The zero-order chi connectivity index (χ0) is 11.7. The Morgan fingerprint density at radius 2 is 2.50 bits per heavy atom. The summed E-state index contributed by atoms with van der Waals surface area (Å²) in [6.45, 7) is 1.90. The van der Waals surface area contributed by atoms with E-state index in [9.17, 15) is 4.79 Å². The van der Waals surface area contributed by atoms with E-state index >= 15 is 0 Å². The van der Waals surface area contributed by atoms with Crippen LogP contribution >= 0.6 is 11.3 Å². The van der Waals surface area contributed by atoms with Gasteiger partial charge in [-0.05, 0) is 6.92 Å². The lowest BCUT2D eigenvalue weighted by molar-refractivity contribution is 0.111. The Hall–Kier alpha value is -1.40. The largest absolute Gasteiger partial charge is 0.394 e. The summed E-state index contributed by atoms with van der Waals surface area (Å²) >= 11 is 1.48. The van der Waals surface area contributed by atoms with Crippen LogP contribution in [0.2, 0.25) is 0 Å². The molecule has 0 aliphatic rings. The number of imidazole rings is 1. The molecule has 6 heteroatoms. The molecule has 0 spiro atoms. The second kappa shape index (κ2) is 4.23.